The average molecular weight is 372 g/mol. The Hall–Kier alpha value is -2.36. The molecule has 0 spiro atoms. The monoisotopic (exact) mass is 372 g/mol. The van der Waals surface area contributed by atoms with E-state index >= 15 is 0 Å². The molecule has 2 rings (SSSR count). The Labute approximate surface area is 145 Å². The third-order valence-corrected chi connectivity index (χ3v) is 4.41. The average Bonchev–Trinajstić information content (AvgIpc) is 2.88. The third kappa shape index (κ3) is 4.59. The van der Waals surface area contributed by atoms with Crippen LogP contribution in [0.4, 0.5) is 18.9 Å². The summed E-state index contributed by atoms with van der Waals surface area (Å²) in [5.41, 5.74) is 0.875. The zero-order valence-electron chi connectivity index (χ0n) is 13.6. The van der Waals surface area contributed by atoms with Gasteiger partial charge in [-0.3, -0.25) is 9.59 Å². The summed E-state index contributed by atoms with van der Waals surface area (Å²) in [7, 11) is 1.19. The highest BCUT2D eigenvalue weighted by molar-refractivity contribution is 8.00. The highest BCUT2D eigenvalue weighted by Crippen LogP contribution is 2.31. The Balaban J connectivity index is 2.07. The Morgan fingerprint density at radius 2 is 1.96 bits per heavy atom. The van der Waals surface area contributed by atoms with Crippen LogP contribution in [0, 0.1) is 0 Å². The van der Waals surface area contributed by atoms with Crippen molar-refractivity contribution in [3.05, 3.63) is 35.7 Å². The summed E-state index contributed by atoms with van der Waals surface area (Å²) < 4.78 is 38.9. The number of halogens is 3. The van der Waals surface area contributed by atoms with Crippen LogP contribution in [0.5, 0.6) is 0 Å². The maximum atomic E-state index is 12.7. The molecular formula is C15H15F3N4O2S. The van der Waals surface area contributed by atoms with Crippen molar-refractivity contribution in [3.63, 3.8) is 0 Å². The van der Waals surface area contributed by atoms with Gasteiger partial charge < -0.3 is 9.88 Å². The van der Waals surface area contributed by atoms with Gasteiger partial charge in [0.15, 0.2) is 10.9 Å². The predicted octanol–water partition coefficient (Wildman–Crippen LogP) is 3.16. The van der Waals surface area contributed by atoms with Gasteiger partial charge in [0.25, 0.3) is 0 Å². The van der Waals surface area contributed by atoms with E-state index in [9.17, 15) is 22.8 Å². The van der Waals surface area contributed by atoms with Gasteiger partial charge in [-0.2, -0.15) is 13.2 Å². The summed E-state index contributed by atoms with van der Waals surface area (Å²) in [4.78, 5) is 23.6. The first-order chi connectivity index (χ1) is 11.6. The molecule has 6 nitrogen and oxygen atoms in total. The number of ketones is 1. The van der Waals surface area contributed by atoms with E-state index in [1.54, 1.807) is 18.2 Å². The minimum Gasteiger partial charge on any atom is -0.325 e. The van der Waals surface area contributed by atoms with E-state index in [-0.39, 0.29) is 10.9 Å². The molecule has 0 aliphatic carbocycles. The van der Waals surface area contributed by atoms with Gasteiger partial charge >= 0.3 is 6.18 Å². The first kappa shape index (κ1) is 19.0. The first-order valence-electron chi connectivity index (χ1n) is 7.14. The normalized spacial score (nSPS) is 12.7. The first-order valence-corrected chi connectivity index (χ1v) is 8.02. The molecule has 2 aromatic rings. The fraction of sp³-hybridized carbons (Fsp3) is 0.333. The molecule has 0 aliphatic heterocycles. The number of anilines is 1. The smallest absolute Gasteiger partial charge is 0.325 e. The van der Waals surface area contributed by atoms with Gasteiger partial charge in [0.1, 0.15) is 0 Å². The Kier molecular flexibility index (Phi) is 5.51. The van der Waals surface area contributed by atoms with Gasteiger partial charge in [0.05, 0.1) is 5.25 Å². The zero-order valence-corrected chi connectivity index (χ0v) is 14.4. The zero-order chi connectivity index (χ0) is 18.8. The van der Waals surface area contributed by atoms with Gasteiger partial charge in [0.2, 0.25) is 11.7 Å². The van der Waals surface area contributed by atoms with Crippen molar-refractivity contribution < 1.29 is 22.8 Å². The SMILES string of the molecule is CC(=O)c1cccc(NC(=O)[C@@H](C)Sc2nnc(C(F)(F)F)n2C)c1. The van der Waals surface area contributed by atoms with Gasteiger partial charge in [-0.05, 0) is 26.0 Å². The van der Waals surface area contributed by atoms with Crippen LogP contribution in [0.2, 0.25) is 0 Å². The number of hydrogen-bond donors (Lipinski definition) is 1. The van der Waals surface area contributed by atoms with E-state index in [4.69, 9.17) is 0 Å². The number of amides is 1. The molecule has 0 unspecified atom stereocenters. The van der Waals surface area contributed by atoms with Crippen molar-refractivity contribution in [2.75, 3.05) is 5.32 Å². The maximum Gasteiger partial charge on any atom is 0.451 e. The second-order valence-corrected chi connectivity index (χ2v) is 6.56. The van der Waals surface area contributed by atoms with Gasteiger partial charge in [0, 0.05) is 18.3 Å². The van der Waals surface area contributed by atoms with Crippen molar-refractivity contribution in [2.45, 2.75) is 30.4 Å². The summed E-state index contributed by atoms with van der Waals surface area (Å²) in [6, 6.07) is 6.39. The number of carbonyl (C=O) groups excluding carboxylic acids is 2. The topological polar surface area (TPSA) is 76.9 Å². The van der Waals surface area contributed by atoms with E-state index in [1.165, 1.54) is 27.0 Å². The van der Waals surface area contributed by atoms with Crippen LogP contribution in [0.1, 0.15) is 30.0 Å². The molecule has 25 heavy (non-hydrogen) atoms. The molecule has 1 N–H and O–H groups in total. The maximum absolute atomic E-state index is 12.7. The molecule has 1 heterocycles. The Bertz CT molecular complexity index is 804. The molecule has 1 amide bonds. The van der Waals surface area contributed by atoms with Crippen LogP contribution in [0.15, 0.2) is 29.4 Å². The fourth-order valence-corrected chi connectivity index (χ4v) is 2.75. The summed E-state index contributed by atoms with van der Waals surface area (Å²) in [5, 5.41) is 8.48. The van der Waals surface area contributed by atoms with Gasteiger partial charge in [-0.1, -0.05) is 23.9 Å². The standard InChI is InChI=1S/C15H15F3N4O2S/c1-8(23)10-5-4-6-11(7-10)19-12(24)9(2)25-14-21-20-13(22(14)3)15(16,17)18/h4-7,9H,1-3H3,(H,19,24)/t9-/m1/s1. The summed E-state index contributed by atoms with van der Waals surface area (Å²) in [5.74, 6) is -1.70. The molecule has 134 valence electrons. The number of rotatable bonds is 5. The number of carbonyl (C=O) groups is 2. The number of hydrogen-bond acceptors (Lipinski definition) is 5. The molecule has 1 aromatic carbocycles. The number of benzene rings is 1. The number of alkyl halides is 3. The fourth-order valence-electron chi connectivity index (χ4n) is 1.94. The molecule has 0 saturated heterocycles. The predicted molar refractivity (Wildman–Crippen MR) is 86.4 cm³/mol. The lowest BCUT2D eigenvalue weighted by atomic mass is 10.1. The summed E-state index contributed by atoms with van der Waals surface area (Å²) in [6.45, 7) is 2.95. The van der Waals surface area contributed by atoms with Gasteiger partial charge in [-0.25, -0.2) is 0 Å². The number of nitrogens with one attached hydrogen (secondary N) is 1. The van der Waals surface area contributed by atoms with Crippen LogP contribution in [0.25, 0.3) is 0 Å². The van der Waals surface area contributed by atoms with Crippen LogP contribution >= 0.6 is 11.8 Å². The molecule has 0 fully saturated rings. The molecule has 0 bridgehead atoms. The second-order valence-electron chi connectivity index (χ2n) is 5.25. The van der Waals surface area contributed by atoms with Crippen LogP contribution in [-0.2, 0) is 18.0 Å². The van der Waals surface area contributed by atoms with E-state index < -0.39 is 23.2 Å². The highest BCUT2D eigenvalue weighted by Gasteiger charge is 2.37. The molecule has 0 radical (unpaired) electrons. The van der Waals surface area contributed by atoms with Crippen LogP contribution in [-0.4, -0.2) is 31.7 Å². The molecule has 0 aliphatic rings. The quantitative estimate of drug-likeness (QED) is 0.644. The van der Waals surface area contributed by atoms with Crippen molar-refractivity contribution in [2.24, 2.45) is 7.05 Å². The van der Waals surface area contributed by atoms with Crippen molar-refractivity contribution in [1.82, 2.24) is 14.8 Å². The lowest BCUT2D eigenvalue weighted by Gasteiger charge is -2.12. The van der Waals surface area contributed by atoms with Crippen LogP contribution < -0.4 is 5.32 Å². The van der Waals surface area contributed by atoms with Crippen molar-refractivity contribution in [1.29, 1.82) is 0 Å². The molecule has 1 atom stereocenters. The lowest BCUT2D eigenvalue weighted by molar-refractivity contribution is -0.147. The minimum atomic E-state index is -4.61. The summed E-state index contributed by atoms with van der Waals surface area (Å²) >= 11 is 0.855. The number of Topliss-reactive ketones (excluding diaryl/α,β-unsaturated/α-hetero) is 1. The Morgan fingerprint density at radius 1 is 1.28 bits per heavy atom. The lowest BCUT2D eigenvalue weighted by Crippen LogP contribution is -2.23. The summed E-state index contributed by atoms with van der Waals surface area (Å²) in [6.07, 6.45) is -4.61. The number of aromatic nitrogens is 3. The molecule has 0 saturated carbocycles. The minimum absolute atomic E-state index is 0.0209. The second kappa shape index (κ2) is 7.26. The molecule has 1 aromatic heterocycles. The number of nitrogens with zero attached hydrogens (tertiary/aromatic N) is 3. The van der Waals surface area contributed by atoms with Gasteiger partial charge in [-0.15, -0.1) is 10.2 Å². The largest absolute Gasteiger partial charge is 0.451 e. The number of thioether (sulfide) groups is 1. The van der Waals surface area contributed by atoms with E-state index in [1.807, 2.05) is 0 Å². The van der Waals surface area contributed by atoms with E-state index in [0.29, 0.717) is 11.3 Å². The van der Waals surface area contributed by atoms with Crippen LogP contribution in [0.3, 0.4) is 0 Å². The van der Waals surface area contributed by atoms with E-state index in [0.717, 1.165) is 16.3 Å². The third-order valence-electron chi connectivity index (χ3n) is 3.28. The molecule has 10 heteroatoms. The van der Waals surface area contributed by atoms with Crippen molar-refractivity contribution in [3.8, 4) is 0 Å². The van der Waals surface area contributed by atoms with Crippen molar-refractivity contribution >= 4 is 29.1 Å². The Morgan fingerprint density at radius 3 is 2.52 bits per heavy atom. The van der Waals surface area contributed by atoms with E-state index in [2.05, 4.69) is 15.5 Å². The molecular weight excluding hydrogens is 357 g/mol. The highest BCUT2D eigenvalue weighted by atomic mass is 32.2.